The van der Waals surface area contributed by atoms with Crippen LogP contribution < -0.4 is 4.74 Å². The van der Waals surface area contributed by atoms with E-state index in [9.17, 15) is 14.4 Å². The highest BCUT2D eigenvalue weighted by Crippen LogP contribution is 2.35. The van der Waals surface area contributed by atoms with Crippen LogP contribution in [-0.2, 0) is 14.3 Å². The third kappa shape index (κ3) is 4.04. The van der Waals surface area contributed by atoms with Crippen LogP contribution in [0.3, 0.4) is 0 Å². The van der Waals surface area contributed by atoms with Gasteiger partial charge in [0.25, 0.3) is 11.1 Å². The van der Waals surface area contributed by atoms with Crippen LogP contribution in [0.2, 0.25) is 0 Å². The number of hydrogen-bond acceptors (Lipinski definition) is 6. The molecule has 2 amide bonds. The van der Waals surface area contributed by atoms with Gasteiger partial charge in [0.2, 0.25) is 0 Å². The molecule has 28 heavy (non-hydrogen) atoms. The van der Waals surface area contributed by atoms with Gasteiger partial charge < -0.3 is 9.47 Å². The summed E-state index contributed by atoms with van der Waals surface area (Å²) in [7, 11) is 1.60. The topological polar surface area (TPSA) is 72.9 Å². The molecule has 3 rings (SSSR count). The molecule has 0 spiro atoms. The number of fused-ring (bicyclic) bond motifs is 1. The molecular formula is C21H21NO5S. The number of ether oxygens (including phenoxy) is 2. The minimum Gasteiger partial charge on any atom is -0.496 e. The van der Waals surface area contributed by atoms with Crippen molar-refractivity contribution in [3.8, 4) is 5.75 Å². The molecule has 1 fully saturated rings. The molecule has 2 aromatic carbocycles. The maximum absolute atomic E-state index is 12.7. The van der Waals surface area contributed by atoms with E-state index in [2.05, 4.69) is 0 Å². The van der Waals surface area contributed by atoms with Gasteiger partial charge in [0.15, 0.2) is 0 Å². The number of carbonyl (C=O) groups excluding carboxylic acids is 3. The highest BCUT2D eigenvalue weighted by molar-refractivity contribution is 8.18. The van der Waals surface area contributed by atoms with Crippen LogP contribution in [0.25, 0.3) is 16.8 Å². The molecule has 0 N–H and O–H groups in total. The summed E-state index contributed by atoms with van der Waals surface area (Å²) >= 11 is 0.821. The first-order valence-electron chi connectivity index (χ1n) is 8.95. The first-order valence-corrected chi connectivity index (χ1v) is 9.76. The van der Waals surface area contributed by atoms with Crippen molar-refractivity contribution in [1.82, 2.24) is 4.90 Å². The van der Waals surface area contributed by atoms with E-state index in [1.807, 2.05) is 43.3 Å². The first kappa shape index (κ1) is 19.9. The van der Waals surface area contributed by atoms with Gasteiger partial charge in [-0.15, -0.1) is 0 Å². The summed E-state index contributed by atoms with van der Waals surface area (Å²) < 4.78 is 10.6. The van der Waals surface area contributed by atoms with E-state index >= 15 is 0 Å². The van der Waals surface area contributed by atoms with Crippen LogP contribution in [0.15, 0.2) is 41.3 Å². The van der Waals surface area contributed by atoms with Crippen molar-refractivity contribution in [3.63, 3.8) is 0 Å². The molecule has 0 aliphatic carbocycles. The summed E-state index contributed by atoms with van der Waals surface area (Å²) in [4.78, 5) is 38.1. The minimum atomic E-state index is -0.590. The fourth-order valence-corrected chi connectivity index (χ4v) is 3.68. The van der Waals surface area contributed by atoms with Gasteiger partial charge in [0, 0.05) is 5.39 Å². The van der Waals surface area contributed by atoms with Crippen molar-refractivity contribution >= 4 is 45.7 Å². The second kappa shape index (κ2) is 8.48. The molecule has 2 aromatic rings. The minimum absolute atomic E-state index is 0.256. The van der Waals surface area contributed by atoms with Crippen molar-refractivity contribution in [1.29, 1.82) is 0 Å². The van der Waals surface area contributed by atoms with Gasteiger partial charge in [0.1, 0.15) is 12.3 Å². The Morgan fingerprint density at radius 1 is 1.18 bits per heavy atom. The normalized spacial score (nSPS) is 16.7. The largest absolute Gasteiger partial charge is 0.496 e. The number of imide groups is 1. The van der Waals surface area contributed by atoms with Crippen LogP contribution >= 0.6 is 11.8 Å². The second-order valence-corrected chi connectivity index (χ2v) is 7.37. The molecule has 7 heteroatoms. The number of nitrogens with zero attached hydrogens (tertiary/aromatic N) is 1. The smallest absolute Gasteiger partial charge is 0.326 e. The number of methoxy groups -OCH3 is 1. The van der Waals surface area contributed by atoms with Gasteiger partial charge in [0.05, 0.1) is 18.1 Å². The third-order valence-corrected chi connectivity index (χ3v) is 5.40. The average Bonchev–Trinajstić information content (AvgIpc) is 2.95. The van der Waals surface area contributed by atoms with Gasteiger partial charge in [-0.1, -0.05) is 37.3 Å². The Bertz CT molecular complexity index is 968. The molecule has 6 nitrogen and oxygen atoms in total. The second-order valence-electron chi connectivity index (χ2n) is 6.38. The number of carbonyl (C=O) groups is 3. The van der Waals surface area contributed by atoms with Gasteiger partial charge in [-0.25, -0.2) is 0 Å². The fourth-order valence-electron chi connectivity index (χ4n) is 2.85. The molecule has 0 bridgehead atoms. The number of esters is 1. The van der Waals surface area contributed by atoms with Gasteiger partial charge in [-0.05, 0) is 48.2 Å². The first-order chi connectivity index (χ1) is 13.4. The number of hydrogen-bond donors (Lipinski definition) is 0. The maximum atomic E-state index is 12.7. The molecule has 1 aliphatic rings. The SMILES string of the molecule is CC[C@H](C)OC(=O)CN1C(=O)S/C(=C/c2ccc(OC)c3ccccc23)C1=O. The molecule has 0 aromatic heterocycles. The molecule has 1 heterocycles. The van der Waals surface area contributed by atoms with Crippen LogP contribution in [0.5, 0.6) is 5.75 Å². The lowest BCUT2D eigenvalue weighted by molar-refractivity contribution is -0.150. The summed E-state index contributed by atoms with van der Waals surface area (Å²) in [5.41, 5.74) is 0.795. The predicted molar refractivity (Wildman–Crippen MR) is 109 cm³/mol. The zero-order chi connectivity index (χ0) is 20.3. The Morgan fingerprint density at radius 2 is 1.89 bits per heavy atom. The van der Waals surface area contributed by atoms with Crippen LogP contribution in [0.1, 0.15) is 25.8 Å². The molecule has 0 radical (unpaired) electrons. The van der Waals surface area contributed by atoms with E-state index in [0.717, 1.165) is 38.7 Å². The maximum Gasteiger partial charge on any atom is 0.326 e. The Labute approximate surface area is 167 Å². The lowest BCUT2D eigenvalue weighted by Gasteiger charge is -2.14. The number of amides is 2. The summed E-state index contributed by atoms with van der Waals surface area (Å²) in [6.45, 7) is 3.27. The summed E-state index contributed by atoms with van der Waals surface area (Å²) in [6, 6.07) is 11.3. The summed E-state index contributed by atoms with van der Waals surface area (Å²) in [5, 5.41) is 1.34. The number of rotatable bonds is 6. The highest BCUT2D eigenvalue weighted by Gasteiger charge is 2.37. The Hall–Kier alpha value is -2.80. The standard InChI is InChI=1S/C21H21NO5S/c1-4-13(2)27-19(23)12-22-20(24)18(28-21(22)25)11-14-9-10-17(26-3)16-8-6-5-7-15(14)16/h5-11,13H,4,12H2,1-3H3/b18-11+/t13-/m0/s1. The Morgan fingerprint density at radius 3 is 2.57 bits per heavy atom. The Kier molecular flexibility index (Phi) is 6.04. The monoisotopic (exact) mass is 399 g/mol. The number of benzene rings is 2. The van der Waals surface area contributed by atoms with Gasteiger partial charge in [-0.2, -0.15) is 0 Å². The summed E-state index contributed by atoms with van der Waals surface area (Å²) in [5.74, 6) is -0.350. The highest BCUT2D eigenvalue weighted by atomic mass is 32.2. The van der Waals surface area contributed by atoms with E-state index in [-0.39, 0.29) is 17.6 Å². The van der Waals surface area contributed by atoms with E-state index in [4.69, 9.17) is 9.47 Å². The average molecular weight is 399 g/mol. The predicted octanol–water partition coefficient (Wildman–Crippen LogP) is 4.23. The number of thioether (sulfide) groups is 1. The van der Waals surface area contributed by atoms with E-state index in [1.165, 1.54) is 0 Å². The van der Waals surface area contributed by atoms with Crippen molar-refractivity contribution in [3.05, 3.63) is 46.9 Å². The third-order valence-electron chi connectivity index (χ3n) is 4.49. The van der Waals surface area contributed by atoms with Crippen molar-refractivity contribution in [2.45, 2.75) is 26.4 Å². The van der Waals surface area contributed by atoms with Crippen molar-refractivity contribution in [2.24, 2.45) is 0 Å². The lowest BCUT2D eigenvalue weighted by atomic mass is 10.0. The quantitative estimate of drug-likeness (QED) is 0.535. The molecule has 1 saturated heterocycles. The van der Waals surface area contributed by atoms with Gasteiger partial charge in [-0.3, -0.25) is 19.3 Å². The lowest BCUT2D eigenvalue weighted by Crippen LogP contribution is -2.35. The molecule has 0 unspecified atom stereocenters. The molecular weight excluding hydrogens is 378 g/mol. The van der Waals surface area contributed by atoms with Crippen molar-refractivity contribution < 1.29 is 23.9 Å². The van der Waals surface area contributed by atoms with Crippen LogP contribution in [0.4, 0.5) is 4.79 Å². The van der Waals surface area contributed by atoms with E-state index in [0.29, 0.717) is 6.42 Å². The summed E-state index contributed by atoms with van der Waals surface area (Å²) in [6.07, 6.45) is 2.08. The van der Waals surface area contributed by atoms with Crippen molar-refractivity contribution in [2.75, 3.05) is 13.7 Å². The fraction of sp³-hybridized carbons (Fsp3) is 0.286. The van der Waals surface area contributed by atoms with Crippen LogP contribution in [-0.4, -0.2) is 41.8 Å². The van der Waals surface area contributed by atoms with E-state index < -0.39 is 17.1 Å². The van der Waals surface area contributed by atoms with Gasteiger partial charge >= 0.3 is 5.97 Å². The molecule has 1 aliphatic heterocycles. The zero-order valence-corrected chi connectivity index (χ0v) is 16.7. The Balaban J connectivity index is 1.86. The zero-order valence-electron chi connectivity index (χ0n) is 15.9. The molecule has 146 valence electrons. The van der Waals surface area contributed by atoms with E-state index in [1.54, 1.807) is 20.1 Å². The molecule has 1 atom stereocenters. The van der Waals surface area contributed by atoms with Crippen LogP contribution in [0, 0.1) is 0 Å². The molecule has 0 saturated carbocycles.